The number of amides is 1. The molecule has 0 unspecified atom stereocenters. The van der Waals surface area contributed by atoms with E-state index in [9.17, 15) is 9.59 Å². The maximum Gasteiger partial charge on any atom is 0.434 e. The number of aliphatic carboxylic acids is 1. The fourth-order valence-corrected chi connectivity index (χ4v) is 1.44. The summed E-state index contributed by atoms with van der Waals surface area (Å²) in [5.41, 5.74) is 0. The number of nitrogens with zero attached hydrogens (tertiary/aromatic N) is 1. The summed E-state index contributed by atoms with van der Waals surface area (Å²) in [6.07, 6.45) is 1.20. The van der Waals surface area contributed by atoms with Crippen LogP contribution in [0.5, 0.6) is 0 Å². The van der Waals surface area contributed by atoms with Gasteiger partial charge >= 0.3 is 12.1 Å². The SMILES string of the molecule is CCCCOC(=O)N(OC)[C@@H](CC(C)C)C(=O)O. The molecule has 18 heavy (non-hydrogen) atoms. The van der Waals surface area contributed by atoms with Crippen LogP contribution in [0.15, 0.2) is 0 Å². The Kier molecular flexibility index (Phi) is 8.11. The quantitative estimate of drug-likeness (QED) is 0.536. The molecule has 1 atom stereocenters. The lowest BCUT2D eigenvalue weighted by atomic mass is 10.0. The Hall–Kier alpha value is -1.30. The van der Waals surface area contributed by atoms with E-state index >= 15 is 0 Å². The zero-order chi connectivity index (χ0) is 14.1. The first-order chi connectivity index (χ1) is 8.43. The molecule has 0 saturated carbocycles. The fourth-order valence-electron chi connectivity index (χ4n) is 1.44. The van der Waals surface area contributed by atoms with Gasteiger partial charge in [0.2, 0.25) is 0 Å². The average molecular weight is 261 g/mol. The lowest BCUT2D eigenvalue weighted by Crippen LogP contribution is -2.45. The van der Waals surface area contributed by atoms with E-state index in [1.54, 1.807) is 0 Å². The third-order valence-electron chi connectivity index (χ3n) is 2.36. The van der Waals surface area contributed by atoms with Gasteiger partial charge in [-0.25, -0.2) is 9.59 Å². The summed E-state index contributed by atoms with van der Waals surface area (Å²) in [5.74, 6) is -0.967. The summed E-state index contributed by atoms with van der Waals surface area (Å²) < 4.78 is 4.95. The number of ether oxygens (including phenoxy) is 1. The standard InChI is InChI=1S/C12H23NO5/c1-5-6-7-18-12(16)13(17-4)10(11(14)15)8-9(2)3/h9-10H,5-8H2,1-4H3,(H,14,15)/t10-/m0/s1. The molecule has 0 aliphatic heterocycles. The van der Waals surface area contributed by atoms with Gasteiger partial charge in [-0.3, -0.25) is 4.84 Å². The summed E-state index contributed by atoms with van der Waals surface area (Å²) in [4.78, 5) is 27.7. The summed E-state index contributed by atoms with van der Waals surface area (Å²) in [6.45, 7) is 6.00. The van der Waals surface area contributed by atoms with E-state index in [0.717, 1.165) is 17.9 Å². The monoisotopic (exact) mass is 261 g/mol. The van der Waals surface area contributed by atoms with Gasteiger partial charge in [-0.2, -0.15) is 5.06 Å². The highest BCUT2D eigenvalue weighted by Gasteiger charge is 2.32. The highest BCUT2D eigenvalue weighted by Crippen LogP contribution is 2.13. The Morgan fingerprint density at radius 1 is 1.33 bits per heavy atom. The lowest BCUT2D eigenvalue weighted by Gasteiger charge is -2.26. The smallest absolute Gasteiger partial charge is 0.434 e. The Morgan fingerprint density at radius 2 is 1.94 bits per heavy atom. The first kappa shape index (κ1) is 16.7. The van der Waals surface area contributed by atoms with Crippen molar-refractivity contribution >= 4 is 12.1 Å². The topological polar surface area (TPSA) is 76.1 Å². The zero-order valence-electron chi connectivity index (χ0n) is 11.5. The van der Waals surface area contributed by atoms with Crippen LogP contribution in [-0.4, -0.2) is 42.0 Å². The van der Waals surface area contributed by atoms with Crippen molar-refractivity contribution in [2.75, 3.05) is 13.7 Å². The van der Waals surface area contributed by atoms with Crippen LogP contribution in [0, 0.1) is 5.92 Å². The van der Waals surface area contributed by atoms with Crippen molar-refractivity contribution in [3.05, 3.63) is 0 Å². The Morgan fingerprint density at radius 3 is 2.33 bits per heavy atom. The van der Waals surface area contributed by atoms with Crippen LogP contribution in [0.2, 0.25) is 0 Å². The van der Waals surface area contributed by atoms with Crippen molar-refractivity contribution in [2.24, 2.45) is 5.92 Å². The van der Waals surface area contributed by atoms with Gasteiger partial charge < -0.3 is 9.84 Å². The fraction of sp³-hybridized carbons (Fsp3) is 0.833. The summed E-state index contributed by atoms with van der Waals surface area (Å²) in [7, 11) is 1.26. The van der Waals surface area contributed by atoms with Crippen molar-refractivity contribution < 1.29 is 24.3 Å². The highest BCUT2D eigenvalue weighted by molar-refractivity contribution is 5.79. The van der Waals surface area contributed by atoms with E-state index in [4.69, 9.17) is 14.7 Å². The number of rotatable bonds is 8. The van der Waals surface area contributed by atoms with E-state index in [0.29, 0.717) is 6.42 Å². The van der Waals surface area contributed by atoms with Gasteiger partial charge in [-0.15, -0.1) is 0 Å². The minimum Gasteiger partial charge on any atom is -0.480 e. The largest absolute Gasteiger partial charge is 0.480 e. The Balaban J connectivity index is 4.57. The molecule has 1 N–H and O–H groups in total. The van der Waals surface area contributed by atoms with Gasteiger partial charge in [-0.1, -0.05) is 27.2 Å². The van der Waals surface area contributed by atoms with Crippen LogP contribution >= 0.6 is 0 Å². The number of carbonyl (C=O) groups is 2. The summed E-state index contributed by atoms with van der Waals surface area (Å²) in [6, 6.07) is -1.02. The number of unbranched alkanes of at least 4 members (excludes halogenated alkanes) is 1. The van der Waals surface area contributed by atoms with Gasteiger partial charge in [0.15, 0.2) is 6.04 Å². The molecule has 6 nitrogen and oxygen atoms in total. The lowest BCUT2D eigenvalue weighted by molar-refractivity contribution is -0.173. The molecule has 0 aliphatic carbocycles. The molecule has 0 rings (SSSR count). The molecule has 0 radical (unpaired) electrons. The first-order valence-corrected chi connectivity index (χ1v) is 6.16. The van der Waals surface area contributed by atoms with Crippen molar-refractivity contribution in [3.63, 3.8) is 0 Å². The van der Waals surface area contributed by atoms with E-state index in [-0.39, 0.29) is 12.5 Å². The number of carboxylic acid groups (broad SMARTS) is 1. The van der Waals surface area contributed by atoms with Crippen LogP contribution in [0.25, 0.3) is 0 Å². The number of hydroxylamine groups is 2. The molecular formula is C12H23NO5. The van der Waals surface area contributed by atoms with Crippen molar-refractivity contribution in [1.29, 1.82) is 0 Å². The van der Waals surface area contributed by atoms with Crippen LogP contribution in [0.1, 0.15) is 40.0 Å². The second-order valence-electron chi connectivity index (χ2n) is 4.46. The third-order valence-corrected chi connectivity index (χ3v) is 2.36. The molecule has 0 aromatic rings. The van der Waals surface area contributed by atoms with Crippen molar-refractivity contribution in [3.8, 4) is 0 Å². The molecule has 1 amide bonds. The third kappa shape index (κ3) is 5.86. The van der Waals surface area contributed by atoms with Gasteiger partial charge in [-0.05, 0) is 18.8 Å². The number of carbonyl (C=O) groups excluding carboxylic acids is 1. The number of carboxylic acids is 1. The number of hydrogen-bond donors (Lipinski definition) is 1. The van der Waals surface area contributed by atoms with Crippen LogP contribution in [-0.2, 0) is 14.4 Å². The average Bonchev–Trinajstić information content (AvgIpc) is 2.28. The predicted molar refractivity (Wildman–Crippen MR) is 66.0 cm³/mol. The first-order valence-electron chi connectivity index (χ1n) is 6.16. The van der Waals surface area contributed by atoms with E-state index in [2.05, 4.69) is 0 Å². The van der Waals surface area contributed by atoms with E-state index < -0.39 is 18.1 Å². The number of hydrogen-bond acceptors (Lipinski definition) is 4. The molecule has 0 aromatic heterocycles. The van der Waals surface area contributed by atoms with Gasteiger partial charge in [0.05, 0.1) is 13.7 Å². The summed E-state index contributed by atoms with van der Waals surface area (Å²) in [5, 5.41) is 9.90. The maximum absolute atomic E-state index is 11.7. The second-order valence-corrected chi connectivity index (χ2v) is 4.46. The van der Waals surface area contributed by atoms with E-state index in [1.807, 2.05) is 20.8 Å². The van der Waals surface area contributed by atoms with Gasteiger partial charge in [0, 0.05) is 0 Å². The molecule has 106 valence electrons. The van der Waals surface area contributed by atoms with Crippen LogP contribution < -0.4 is 0 Å². The molecule has 6 heteroatoms. The molecule has 0 saturated heterocycles. The molecule has 0 aromatic carbocycles. The Bertz CT molecular complexity index is 267. The molecule has 0 fully saturated rings. The highest BCUT2D eigenvalue weighted by atomic mass is 16.7. The van der Waals surface area contributed by atoms with Crippen molar-refractivity contribution in [1.82, 2.24) is 5.06 Å². The molecule has 0 bridgehead atoms. The van der Waals surface area contributed by atoms with E-state index in [1.165, 1.54) is 7.11 Å². The Labute approximate surface area is 108 Å². The molecule has 0 heterocycles. The predicted octanol–water partition coefficient (Wildman–Crippen LogP) is 2.29. The van der Waals surface area contributed by atoms with Crippen molar-refractivity contribution in [2.45, 2.75) is 46.1 Å². The minimum atomic E-state index is -1.10. The normalized spacial score (nSPS) is 12.3. The van der Waals surface area contributed by atoms with Gasteiger partial charge in [0.25, 0.3) is 0 Å². The minimum absolute atomic E-state index is 0.132. The summed E-state index contributed by atoms with van der Waals surface area (Å²) >= 11 is 0. The molecular weight excluding hydrogens is 238 g/mol. The second kappa shape index (κ2) is 8.74. The van der Waals surface area contributed by atoms with Crippen LogP contribution in [0.3, 0.4) is 0 Å². The molecule has 0 spiro atoms. The van der Waals surface area contributed by atoms with Gasteiger partial charge in [0.1, 0.15) is 0 Å². The van der Waals surface area contributed by atoms with Crippen LogP contribution in [0.4, 0.5) is 4.79 Å². The maximum atomic E-state index is 11.7. The zero-order valence-corrected chi connectivity index (χ0v) is 11.5. The molecule has 0 aliphatic rings.